The van der Waals surface area contributed by atoms with Crippen molar-refractivity contribution in [3.8, 4) is 11.3 Å². The van der Waals surface area contributed by atoms with Crippen LogP contribution in [0.15, 0.2) is 53.9 Å². The van der Waals surface area contributed by atoms with Crippen LogP contribution in [-0.2, 0) is 11.3 Å². The van der Waals surface area contributed by atoms with E-state index in [-0.39, 0.29) is 11.8 Å². The number of halogens is 1. The third-order valence-electron chi connectivity index (χ3n) is 3.63. The van der Waals surface area contributed by atoms with Crippen molar-refractivity contribution in [2.45, 2.75) is 13.5 Å². The summed E-state index contributed by atoms with van der Waals surface area (Å²) in [5, 5.41) is 8.31. The first kappa shape index (κ1) is 18.1. The van der Waals surface area contributed by atoms with Gasteiger partial charge < -0.3 is 5.32 Å². The predicted molar refractivity (Wildman–Crippen MR) is 104 cm³/mol. The molecule has 26 heavy (non-hydrogen) atoms. The largest absolute Gasteiger partial charge is 0.352 e. The van der Waals surface area contributed by atoms with E-state index < -0.39 is 0 Å². The number of rotatable bonds is 5. The molecule has 0 aliphatic rings. The van der Waals surface area contributed by atoms with Gasteiger partial charge in [-0.3, -0.25) is 14.9 Å². The zero-order valence-corrected chi connectivity index (χ0v) is 15.5. The van der Waals surface area contributed by atoms with E-state index in [0.717, 1.165) is 16.8 Å². The summed E-state index contributed by atoms with van der Waals surface area (Å²) in [6.45, 7) is 1.98. The molecule has 0 atom stereocenters. The zero-order chi connectivity index (χ0) is 18.5. The molecule has 1 aromatic heterocycles. The molecular formula is C19H16ClN3O2S. The van der Waals surface area contributed by atoms with Gasteiger partial charge in [-0.05, 0) is 17.7 Å². The Hall–Kier alpha value is -2.70. The summed E-state index contributed by atoms with van der Waals surface area (Å²) < 4.78 is 0. The number of carbonyl (C=O) groups excluding carboxylic acids is 2. The van der Waals surface area contributed by atoms with Crippen LogP contribution < -0.4 is 10.6 Å². The fraction of sp³-hybridized carbons (Fsp3) is 0.105. The van der Waals surface area contributed by atoms with Gasteiger partial charge in [0.05, 0.1) is 16.3 Å². The zero-order valence-electron chi connectivity index (χ0n) is 14.0. The molecule has 0 radical (unpaired) electrons. The number of hydrogen-bond donors (Lipinski definition) is 2. The van der Waals surface area contributed by atoms with Gasteiger partial charge in [0, 0.05) is 24.4 Å². The Morgan fingerprint density at radius 1 is 1.12 bits per heavy atom. The number of anilines is 1. The van der Waals surface area contributed by atoms with Crippen molar-refractivity contribution in [2.75, 3.05) is 5.32 Å². The molecule has 132 valence electrons. The normalized spacial score (nSPS) is 10.4. The molecule has 2 N–H and O–H groups in total. The Balaban J connectivity index is 1.69. The van der Waals surface area contributed by atoms with Crippen LogP contribution in [0.1, 0.15) is 22.8 Å². The van der Waals surface area contributed by atoms with E-state index in [0.29, 0.717) is 22.3 Å². The lowest BCUT2D eigenvalue weighted by Gasteiger charge is -2.04. The van der Waals surface area contributed by atoms with E-state index in [1.54, 1.807) is 24.3 Å². The summed E-state index contributed by atoms with van der Waals surface area (Å²) >= 11 is 7.39. The Morgan fingerprint density at radius 2 is 1.85 bits per heavy atom. The van der Waals surface area contributed by atoms with Crippen LogP contribution in [0.4, 0.5) is 5.13 Å². The highest BCUT2D eigenvalue weighted by Crippen LogP contribution is 2.26. The van der Waals surface area contributed by atoms with E-state index in [1.165, 1.54) is 18.3 Å². The summed E-state index contributed by atoms with van der Waals surface area (Å²) in [7, 11) is 0. The van der Waals surface area contributed by atoms with Crippen LogP contribution in [0.25, 0.3) is 11.3 Å². The van der Waals surface area contributed by atoms with Crippen LogP contribution in [0, 0.1) is 0 Å². The highest BCUT2D eigenvalue weighted by atomic mass is 35.5. The van der Waals surface area contributed by atoms with Crippen LogP contribution in [0.3, 0.4) is 0 Å². The smallest absolute Gasteiger partial charge is 0.258 e. The molecule has 1 heterocycles. The van der Waals surface area contributed by atoms with Crippen molar-refractivity contribution in [2.24, 2.45) is 0 Å². The molecule has 0 saturated heterocycles. The summed E-state index contributed by atoms with van der Waals surface area (Å²) in [5.41, 5.74) is 3.13. The first-order valence-electron chi connectivity index (χ1n) is 7.88. The van der Waals surface area contributed by atoms with Gasteiger partial charge in [0.2, 0.25) is 5.91 Å². The molecule has 2 aromatic carbocycles. The van der Waals surface area contributed by atoms with Gasteiger partial charge in [-0.15, -0.1) is 11.3 Å². The highest BCUT2D eigenvalue weighted by Gasteiger charge is 2.12. The van der Waals surface area contributed by atoms with Gasteiger partial charge in [0.15, 0.2) is 5.13 Å². The average molecular weight is 386 g/mol. The van der Waals surface area contributed by atoms with Gasteiger partial charge >= 0.3 is 0 Å². The maximum Gasteiger partial charge on any atom is 0.258 e. The van der Waals surface area contributed by atoms with Gasteiger partial charge in [-0.1, -0.05) is 48.0 Å². The summed E-state index contributed by atoms with van der Waals surface area (Å²) in [6.07, 6.45) is 0. The molecule has 0 fully saturated rings. The van der Waals surface area contributed by atoms with Crippen molar-refractivity contribution in [1.82, 2.24) is 10.3 Å². The van der Waals surface area contributed by atoms with Crippen LogP contribution in [0.5, 0.6) is 0 Å². The molecule has 7 heteroatoms. The van der Waals surface area contributed by atoms with E-state index in [9.17, 15) is 9.59 Å². The lowest BCUT2D eigenvalue weighted by atomic mass is 10.1. The predicted octanol–water partition coefficient (Wildman–Crippen LogP) is 4.35. The third kappa shape index (κ3) is 4.47. The molecule has 3 aromatic rings. The molecule has 0 aliphatic heterocycles. The minimum atomic E-state index is -0.290. The number of amides is 2. The second kappa shape index (κ2) is 8.12. The van der Waals surface area contributed by atoms with E-state index in [2.05, 4.69) is 15.6 Å². The SMILES string of the molecule is CC(=O)NCc1ccc(-c2csc(NC(=O)c3ccccc3Cl)n2)cc1. The first-order chi connectivity index (χ1) is 12.5. The Labute approximate surface area is 160 Å². The molecule has 0 bridgehead atoms. The average Bonchev–Trinajstić information content (AvgIpc) is 3.09. The van der Waals surface area contributed by atoms with Crippen molar-refractivity contribution in [3.05, 3.63) is 70.1 Å². The molecule has 0 saturated carbocycles. The fourth-order valence-electron chi connectivity index (χ4n) is 2.29. The first-order valence-corrected chi connectivity index (χ1v) is 9.14. The molecule has 0 spiro atoms. The minimum Gasteiger partial charge on any atom is -0.352 e. The fourth-order valence-corrected chi connectivity index (χ4v) is 3.23. The number of aromatic nitrogens is 1. The molecule has 0 aliphatic carbocycles. The number of carbonyl (C=O) groups is 2. The maximum absolute atomic E-state index is 12.3. The summed E-state index contributed by atoms with van der Waals surface area (Å²) in [6, 6.07) is 14.6. The van der Waals surface area contributed by atoms with Gasteiger partial charge in [-0.2, -0.15) is 0 Å². The number of hydrogen-bond acceptors (Lipinski definition) is 4. The number of thiazole rings is 1. The summed E-state index contributed by atoms with van der Waals surface area (Å²) in [5.74, 6) is -0.352. The number of nitrogens with zero attached hydrogens (tertiary/aromatic N) is 1. The molecule has 2 amide bonds. The maximum atomic E-state index is 12.3. The molecular weight excluding hydrogens is 370 g/mol. The van der Waals surface area contributed by atoms with E-state index in [1.807, 2.05) is 29.6 Å². The van der Waals surface area contributed by atoms with Crippen LogP contribution >= 0.6 is 22.9 Å². The van der Waals surface area contributed by atoms with Crippen molar-refractivity contribution < 1.29 is 9.59 Å². The van der Waals surface area contributed by atoms with Gasteiger partial charge in [-0.25, -0.2) is 4.98 Å². The molecule has 3 rings (SSSR count). The van der Waals surface area contributed by atoms with Crippen LogP contribution in [-0.4, -0.2) is 16.8 Å². The lowest BCUT2D eigenvalue weighted by Crippen LogP contribution is -2.18. The third-order valence-corrected chi connectivity index (χ3v) is 4.72. The molecule has 0 unspecified atom stereocenters. The number of nitrogens with one attached hydrogen (secondary N) is 2. The second-order valence-electron chi connectivity index (χ2n) is 5.58. The highest BCUT2D eigenvalue weighted by molar-refractivity contribution is 7.14. The van der Waals surface area contributed by atoms with Crippen molar-refractivity contribution in [1.29, 1.82) is 0 Å². The van der Waals surface area contributed by atoms with Gasteiger partial charge in [0.25, 0.3) is 5.91 Å². The Kier molecular flexibility index (Phi) is 5.65. The number of benzene rings is 2. The van der Waals surface area contributed by atoms with Crippen molar-refractivity contribution >= 4 is 39.9 Å². The second-order valence-corrected chi connectivity index (χ2v) is 6.84. The van der Waals surface area contributed by atoms with Gasteiger partial charge in [0.1, 0.15) is 0 Å². The van der Waals surface area contributed by atoms with E-state index >= 15 is 0 Å². The van der Waals surface area contributed by atoms with Crippen molar-refractivity contribution in [3.63, 3.8) is 0 Å². The quantitative estimate of drug-likeness (QED) is 0.685. The van der Waals surface area contributed by atoms with E-state index in [4.69, 9.17) is 11.6 Å². The minimum absolute atomic E-state index is 0.0625. The Bertz CT molecular complexity index is 938. The van der Waals surface area contributed by atoms with Crippen LogP contribution in [0.2, 0.25) is 5.02 Å². The topological polar surface area (TPSA) is 71.1 Å². The monoisotopic (exact) mass is 385 g/mol. The summed E-state index contributed by atoms with van der Waals surface area (Å²) in [4.78, 5) is 27.7. The lowest BCUT2D eigenvalue weighted by molar-refractivity contribution is -0.119. The Morgan fingerprint density at radius 3 is 2.54 bits per heavy atom. The standard InChI is InChI=1S/C19H16ClN3O2S/c1-12(24)21-10-13-6-8-14(9-7-13)17-11-26-19(22-17)23-18(25)15-4-2-3-5-16(15)20/h2-9,11H,10H2,1H3,(H,21,24)(H,22,23,25). The molecule has 5 nitrogen and oxygen atoms in total.